The molecule has 4 heteroatoms. The van der Waals surface area contributed by atoms with E-state index in [2.05, 4.69) is 39.8 Å². The number of nitrogens with zero attached hydrogens (tertiary/aromatic N) is 3. The molecule has 4 nitrogen and oxygen atoms in total. The third-order valence-corrected chi connectivity index (χ3v) is 2.85. The molecule has 0 aliphatic carbocycles. The van der Waals surface area contributed by atoms with Crippen LogP contribution in [0, 0.1) is 0 Å². The van der Waals surface area contributed by atoms with E-state index in [1.165, 1.54) is 5.56 Å². The second-order valence-corrected chi connectivity index (χ2v) is 4.26. The lowest BCUT2D eigenvalue weighted by atomic mass is 10.2. The number of nitrogens with one attached hydrogen (secondary N) is 1. The van der Waals surface area contributed by atoms with Crippen molar-refractivity contribution >= 4 is 5.82 Å². The van der Waals surface area contributed by atoms with Crippen molar-refractivity contribution in [2.24, 2.45) is 0 Å². The molecular formula is C14H20N4. The van der Waals surface area contributed by atoms with Gasteiger partial charge in [-0.25, -0.2) is 9.97 Å². The summed E-state index contributed by atoms with van der Waals surface area (Å²) in [5.74, 6) is 2.11. The summed E-state index contributed by atoms with van der Waals surface area (Å²) >= 11 is 0. The van der Waals surface area contributed by atoms with Crippen molar-refractivity contribution in [1.29, 1.82) is 0 Å². The first-order valence-corrected chi connectivity index (χ1v) is 6.53. The molecule has 18 heavy (non-hydrogen) atoms. The molecule has 0 atom stereocenters. The van der Waals surface area contributed by atoms with Crippen LogP contribution < -0.4 is 5.32 Å². The summed E-state index contributed by atoms with van der Waals surface area (Å²) in [5, 5.41) is 3.30. The standard InChI is InChI=1S/C14H20N4/c1-3-6-13-16-9-10-18(13)11-12-7-5-8-17-14(12)15-4-2/h5,7-10H,3-4,6,11H2,1-2H3,(H,15,17). The van der Waals surface area contributed by atoms with E-state index in [0.717, 1.165) is 37.6 Å². The van der Waals surface area contributed by atoms with Crippen molar-refractivity contribution in [1.82, 2.24) is 14.5 Å². The zero-order valence-corrected chi connectivity index (χ0v) is 11.1. The van der Waals surface area contributed by atoms with Crippen molar-refractivity contribution < 1.29 is 0 Å². The van der Waals surface area contributed by atoms with Gasteiger partial charge < -0.3 is 9.88 Å². The van der Waals surface area contributed by atoms with Gasteiger partial charge in [0.05, 0.1) is 6.54 Å². The molecule has 0 saturated heterocycles. The van der Waals surface area contributed by atoms with Crippen LogP contribution in [-0.4, -0.2) is 21.1 Å². The minimum Gasteiger partial charge on any atom is -0.370 e. The molecule has 0 amide bonds. The number of anilines is 1. The maximum absolute atomic E-state index is 4.40. The number of aromatic nitrogens is 3. The Labute approximate surface area is 108 Å². The minimum absolute atomic E-state index is 0.825. The molecule has 0 aliphatic heterocycles. The lowest BCUT2D eigenvalue weighted by molar-refractivity contribution is 0.704. The second kappa shape index (κ2) is 6.19. The average molecular weight is 244 g/mol. The Kier molecular flexibility index (Phi) is 4.34. The van der Waals surface area contributed by atoms with Crippen LogP contribution in [0.1, 0.15) is 31.7 Å². The molecule has 96 valence electrons. The second-order valence-electron chi connectivity index (χ2n) is 4.26. The van der Waals surface area contributed by atoms with Gasteiger partial charge in [-0.2, -0.15) is 0 Å². The Balaban J connectivity index is 2.20. The molecule has 0 spiro atoms. The maximum Gasteiger partial charge on any atom is 0.130 e. The van der Waals surface area contributed by atoms with Crippen LogP contribution in [0.4, 0.5) is 5.82 Å². The van der Waals surface area contributed by atoms with E-state index in [9.17, 15) is 0 Å². The minimum atomic E-state index is 0.825. The highest BCUT2D eigenvalue weighted by molar-refractivity contribution is 5.43. The lowest BCUT2D eigenvalue weighted by Crippen LogP contribution is -2.08. The normalized spacial score (nSPS) is 10.6. The van der Waals surface area contributed by atoms with Crippen LogP contribution >= 0.6 is 0 Å². The highest BCUT2D eigenvalue weighted by Gasteiger charge is 2.06. The topological polar surface area (TPSA) is 42.7 Å². The summed E-state index contributed by atoms with van der Waals surface area (Å²) in [6.45, 7) is 5.96. The average Bonchev–Trinajstić information content (AvgIpc) is 2.80. The van der Waals surface area contributed by atoms with Gasteiger partial charge in [-0.3, -0.25) is 0 Å². The van der Waals surface area contributed by atoms with Gasteiger partial charge in [0.15, 0.2) is 0 Å². The molecule has 0 aliphatic rings. The molecule has 1 N–H and O–H groups in total. The van der Waals surface area contributed by atoms with Crippen LogP contribution in [0.5, 0.6) is 0 Å². The van der Waals surface area contributed by atoms with Gasteiger partial charge in [0.1, 0.15) is 11.6 Å². The maximum atomic E-state index is 4.40. The lowest BCUT2D eigenvalue weighted by Gasteiger charge is -2.11. The van der Waals surface area contributed by atoms with Crippen LogP contribution in [0.3, 0.4) is 0 Å². The molecule has 0 saturated carbocycles. The first-order chi connectivity index (χ1) is 8.85. The molecular weight excluding hydrogens is 224 g/mol. The third kappa shape index (κ3) is 2.88. The van der Waals surface area contributed by atoms with E-state index in [4.69, 9.17) is 0 Å². The van der Waals surface area contributed by atoms with Gasteiger partial charge >= 0.3 is 0 Å². The van der Waals surface area contributed by atoms with Gasteiger partial charge in [-0.15, -0.1) is 0 Å². The fourth-order valence-corrected chi connectivity index (χ4v) is 2.01. The van der Waals surface area contributed by atoms with E-state index in [0.29, 0.717) is 0 Å². The molecule has 0 aromatic carbocycles. The van der Waals surface area contributed by atoms with Crippen molar-refractivity contribution in [3.8, 4) is 0 Å². The highest BCUT2D eigenvalue weighted by Crippen LogP contribution is 2.14. The summed E-state index contributed by atoms with van der Waals surface area (Å²) in [6.07, 6.45) is 7.86. The Hall–Kier alpha value is -1.84. The first-order valence-electron chi connectivity index (χ1n) is 6.53. The molecule has 2 aromatic heterocycles. The van der Waals surface area contributed by atoms with Crippen molar-refractivity contribution in [2.75, 3.05) is 11.9 Å². The molecule has 0 radical (unpaired) electrons. The Morgan fingerprint density at radius 3 is 2.89 bits per heavy atom. The largest absolute Gasteiger partial charge is 0.370 e. The number of hydrogen-bond acceptors (Lipinski definition) is 3. The van der Waals surface area contributed by atoms with Gasteiger partial charge in [0.2, 0.25) is 0 Å². The van der Waals surface area contributed by atoms with Gasteiger partial charge in [-0.05, 0) is 19.4 Å². The zero-order valence-electron chi connectivity index (χ0n) is 11.1. The Morgan fingerprint density at radius 2 is 2.11 bits per heavy atom. The smallest absolute Gasteiger partial charge is 0.130 e. The zero-order chi connectivity index (χ0) is 12.8. The van der Waals surface area contributed by atoms with Gasteiger partial charge in [0.25, 0.3) is 0 Å². The molecule has 0 fully saturated rings. The van der Waals surface area contributed by atoms with E-state index in [1.54, 1.807) is 0 Å². The fraction of sp³-hybridized carbons (Fsp3) is 0.429. The predicted molar refractivity (Wildman–Crippen MR) is 73.7 cm³/mol. The molecule has 2 heterocycles. The molecule has 2 rings (SSSR count). The molecule has 2 aromatic rings. The van der Waals surface area contributed by atoms with Crippen molar-refractivity contribution in [3.05, 3.63) is 42.1 Å². The van der Waals surface area contributed by atoms with E-state index < -0.39 is 0 Å². The number of rotatable bonds is 6. The fourth-order valence-electron chi connectivity index (χ4n) is 2.01. The summed E-state index contributed by atoms with van der Waals surface area (Å²) in [5.41, 5.74) is 1.20. The first kappa shape index (κ1) is 12.6. The van der Waals surface area contributed by atoms with Gasteiger partial charge in [0, 0.05) is 37.1 Å². The van der Waals surface area contributed by atoms with E-state index in [-0.39, 0.29) is 0 Å². The van der Waals surface area contributed by atoms with Crippen molar-refractivity contribution in [3.63, 3.8) is 0 Å². The predicted octanol–water partition coefficient (Wildman–Crippen LogP) is 2.71. The van der Waals surface area contributed by atoms with Crippen molar-refractivity contribution in [2.45, 2.75) is 33.2 Å². The summed E-state index contributed by atoms with van der Waals surface area (Å²) in [6, 6.07) is 4.09. The monoisotopic (exact) mass is 244 g/mol. The van der Waals surface area contributed by atoms with E-state index in [1.807, 2.05) is 24.7 Å². The number of hydrogen-bond donors (Lipinski definition) is 1. The van der Waals surface area contributed by atoms with Crippen LogP contribution in [0.15, 0.2) is 30.7 Å². The molecule has 0 unspecified atom stereocenters. The quantitative estimate of drug-likeness (QED) is 0.849. The Morgan fingerprint density at radius 1 is 1.22 bits per heavy atom. The number of aryl methyl sites for hydroxylation is 1. The Bertz CT molecular complexity index is 490. The van der Waals surface area contributed by atoms with Crippen LogP contribution in [0.25, 0.3) is 0 Å². The van der Waals surface area contributed by atoms with Crippen LogP contribution in [-0.2, 0) is 13.0 Å². The molecule has 0 bridgehead atoms. The summed E-state index contributed by atoms with van der Waals surface area (Å²) in [7, 11) is 0. The van der Waals surface area contributed by atoms with Crippen LogP contribution in [0.2, 0.25) is 0 Å². The number of imidazole rings is 1. The van der Waals surface area contributed by atoms with E-state index >= 15 is 0 Å². The van der Waals surface area contributed by atoms with Gasteiger partial charge in [-0.1, -0.05) is 13.0 Å². The highest BCUT2D eigenvalue weighted by atomic mass is 15.1. The third-order valence-electron chi connectivity index (χ3n) is 2.85. The summed E-state index contributed by atoms with van der Waals surface area (Å²) in [4.78, 5) is 8.78. The number of pyridine rings is 1. The summed E-state index contributed by atoms with van der Waals surface area (Å²) < 4.78 is 2.20. The SMILES string of the molecule is CCCc1nccn1Cc1cccnc1NCC.